The van der Waals surface area contributed by atoms with E-state index in [4.69, 9.17) is 0 Å². The quantitative estimate of drug-likeness (QED) is 0.361. The zero-order valence-electron chi connectivity index (χ0n) is 10.2. The molecule has 0 aliphatic carbocycles. The van der Waals surface area contributed by atoms with Crippen LogP contribution in [0.2, 0.25) is 0 Å². The van der Waals surface area contributed by atoms with Crippen LogP contribution in [0.5, 0.6) is 0 Å². The molecule has 1 amide bonds. The third-order valence-corrected chi connectivity index (χ3v) is 3.01. The lowest BCUT2D eigenvalue weighted by molar-refractivity contribution is -0.385. The van der Waals surface area contributed by atoms with Gasteiger partial charge in [0.05, 0.1) is 11.0 Å². The van der Waals surface area contributed by atoms with Crippen LogP contribution in [-0.2, 0) is 0 Å². The van der Waals surface area contributed by atoms with Gasteiger partial charge < -0.3 is 5.32 Å². The summed E-state index contributed by atoms with van der Waals surface area (Å²) >= 11 is 3.30. The molecule has 0 heterocycles. The highest BCUT2D eigenvalue weighted by Gasteiger charge is 2.14. The molecule has 104 valence electrons. The Kier molecular flexibility index (Phi) is 6.41. The first-order chi connectivity index (χ1) is 9.04. The summed E-state index contributed by atoms with van der Waals surface area (Å²) < 4.78 is 13.1. The number of hydrogen-bond donors (Lipinski definition) is 1. The molecule has 0 saturated carbocycles. The van der Waals surface area contributed by atoms with Gasteiger partial charge in [-0.1, -0.05) is 22.4 Å². The van der Waals surface area contributed by atoms with Gasteiger partial charge in [0.25, 0.3) is 11.6 Å². The molecule has 0 saturated heterocycles. The van der Waals surface area contributed by atoms with Crippen LogP contribution in [-0.4, -0.2) is 22.7 Å². The van der Waals surface area contributed by atoms with E-state index in [0.717, 1.165) is 42.8 Å². The minimum Gasteiger partial charge on any atom is -0.352 e. The fourth-order valence-electron chi connectivity index (χ4n) is 1.51. The van der Waals surface area contributed by atoms with Crippen molar-refractivity contribution in [2.45, 2.75) is 19.3 Å². The van der Waals surface area contributed by atoms with Crippen LogP contribution < -0.4 is 5.32 Å². The fraction of sp³-hybridized carbons (Fsp3) is 0.417. The monoisotopic (exact) mass is 332 g/mol. The van der Waals surface area contributed by atoms with Gasteiger partial charge in [-0.2, -0.15) is 0 Å². The Morgan fingerprint density at radius 1 is 1.32 bits per heavy atom. The average molecular weight is 333 g/mol. The van der Waals surface area contributed by atoms with Crippen LogP contribution >= 0.6 is 15.9 Å². The first kappa shape index (κ1) is 15.6. The van der Waals surface area contributed by atoms with Crippen molar-refractivity contribution >= 4 is 27.5 Å². The van der Waals surface area contributed by atoms with Gasteiger partial charge in [0.2, 0.25) is 0 Å². The number of carbonyl (C=O) groups excluding carboxylic acids is 1. The molecule has 0 unspecified atom stereocenters. The third kappa shape index (κ3) is 5.34. The standard InChI is InChI=1S/C12H14BrFN2O3/c13-4-2-1-3-5-15-12(17)9-6-10(14)8-11(7-9)16(18)19/h6-8H,1-5H2,(H,15,17). The number of non-ortho nitro benzene ring substituents is 1. The van der Waals surface area contributed by atoms with E-state index in [-0.39, 0.29) is 5.56 Å². The molecule has 19 heavy (non-hydrogen) atoms. The Hall–Kier alpha value is -1.50. The maximum absolute atomic E-state index is 13.1. The van der Waals surface area contributed by atoms with Gasteiger partial charge in [0.15, 0.2) is 0 Å². The molecule has 1 aromatic carbocycles. The largest absolute Gasteiger partial charge is 0.352 e. The van der Waals surface area contributed by atoms with Crippen molar-refractivity contribution in [1.82, 2.24) is 5.32 Å². The number of alkyl halides is 1. The fourth-order valence-corrected chi connectivity index (χ4v) is 1.91. The number of amides is 1. The molecular formula is C12H14BrFN2O3. The van der Waals surface area contributed by atoms with Crippen molar-refractivity contribution < 1.29 is 14.1 Å². The van der Waals surface area contributed by atoms with E-state index >= 15 is 0 Å². The lowest BCUT2D eigenvalue weighted by atomic mass is 10.1. The molecule has 1 aromatic rings. The summed E-state index contributed by atoms with van der Waals surface area (Å²) in [6.07, 6.45) is 2.80. The topological polar surface area (TPSA) is 72.2 Å². The molecule has 0 spiro atoms. The summed E-state index contributed by atoms with van der Waals surface area (Å²) in [6, 6.07) is 2.84. The minimum absolute atomic E-state index is 0.0350. The molecule has 7 heteroatoms. The van der Waals surface area contributed by atoms with Gasteiger partial charge in [-0.25, -0.2) is 4.39 Å². The van der Waals surface area contributed by atoms with Gasteiger partial charge in [0, 0.05) is 23.5 Å². The number of nitrogens with one attached hydrogen (secondary N) is 1. The van der Waals surface area contributed by atoms with Crippen LogP contribution in [0.4, 0.5) is 10.1 Å². The number of halogens is 2. The zero-order valence-corrected chi connectivity index (χ0v) is 11.8. The molecule has 5 nitrogen and oxygen atoms in total. The Balaban J connectivity index is 2.59. The van der Waals surface area contributed by atoms with Crippen LogP contribution in [0.3, 0.4) is 0 Å². The molecule has 0 bridgehead atoms. The Morgan fingerprint density at radius 2 is 2.05 bits per heavy atom. The normalized spacial score (nSPS) is 10.2. The number of hydrogen-bond acceptors (Lipinski definition) is 3. The van der Waals surface area contributed by atoms with Crippen LogP contribution in [0.1, 0.15) is 29.6 Å². The van der Waals surface area contributed by atoms with Gasteiger partial charge in [-0.05, 0) is 18.9 Å². The second-order valence-corrected chi connectivity index (χ2v) is 4.75. The molecule has 0 fully saturated rings. The van der Waals surface area contributed by atoms with E-state index < -0.39 is 22.3 Å². The first-order valence-corrected chi connectivity index (χ1v) is 6.96. The predicted octanol–water partition coefficient (Wildman–Crippen LogP) is 3.03. The summed E-state index contributed by atoms with van der Waals surface area (Å²) in [4.78, 5) is 21.5. The summed E-state index contributed by atoms with van der Waals surface area (Å²) in [5.74, 6) is -1.29. The number of nitrogens with zero attached hydrogens (tertiary/aromatic N) is 1. The van der Waals surface area contributed by atoms with Crippen molar-refractivity contribution in [2.24, 2.45) is 0 Å². The summed E-state index contributed by atoms with van der Waals surface area (Å²) in [7, 11) is 0. The summed E-state index contributed by atoms with van der Waals surface area (Å²) in [6.45, 7) is 0.468. The lowest BCUT2D eigenvalue weighted by Gasteiger charge is -2.05. The smallest absolute Gasteiger partial charge is 0.273 e. The molecule has 1 rings (SSSR count). The van der Waals surface area contributed by atoms with Crippen LogP contribution in [0.15, 0.2) is 18.2 Å². The van der Waals surface area contributed by atoms with Crippen molar-refractivity contribution in [3.8, 4) is 0 Å². The molecule has 0 aromatic heterocycles. The molecule has 1 N–H and O–H groups in total. The highest BCUT2D eigenvalue weighted by Crippen LogP contribution is 2.16. The van der Waals surface area contributed by atoms with Crippen molar-refractivity contribution in [3.05, 3.63) is 39.7 Å². The number of benzene rings is 1. The third-order valence-electron chi connectivity index (χ3n) is 2.45. The van der Waals surface area contributed by atoms with Crippen molar-refractivity contribution in [3.63, 3.8) is 0 Å². The average Bonchev–Trinajstić information content (AvgIpc) is 2.37. The van der Waals surface area contributed by atoms with Crippen LogP contribution in [0.25, 0.3) is 0 Å². The highest BCUT2D eigenvalue weighted by atomic mass is 79.9. The van der Waals surface area contributed by atoms with Gasteiger partial charge >= 0.3 is 0 Å². The first-order valence-electron chi connectivity index (χ1n) is 5.83. The second-order valence-electron chi connectivity index (χ2n) is 3.96. The summed E-state index contributed by atoms with van der Waals surface area (Å²) in [5.41, 5.74) is -0.461. The number of nitro groups is 1. The van der Waals surface area contributed by atoms with E-state index in [1.54, 1.807) is 0 Å². The predicted molar refractivity (Wildman–Crippen MR) is 73.0 cm³/mol. The van der Waals surface area contributed by atoms with Crippen molar-refractivity contribution in [1.29, 1.82) is 0 Å². The number of carbonyl (C=O) groups is 1. The SMILES string of the molecule is O=C(NCCCCCBr)c1cc(F)cc([N+](=O)[O-])c1. The molecular weight excluding hydrogens is 319 g/mol. The van der Waals surface area contributed by atoms with E-state index in [9.17, 15) is 19.3 Å². The van der Waals surface area contributed by atoms with E-state index in [2.05, 4.69) is 21.2 Å². The number of nitro benzene ring substituents is 1. The van der Waals surface area contributed by atoms with Gasteiger partial charge in [0.1, 0.15) is 5.82 Å². The Morgan fingerprint density at radius 3 is 2.68 bits per heavy atom. The maximum atomic E-state index is 13.1. The Bertz CT molecular complexity index is 468. The zero-order chi connectivity index (χ0) is 14.3. The van der Waals surface area contributed by atoms with E-state index in [1.165, 1.54) is 0 Å². The van der Waals surface area contributed by atoms with Gasteiger partial charge in [-0.15, -0.1) is 0 Å². The molecule has 0 aliphatic heterocycles. The van der Waals surface area contributed by atoms with Crippen LogP contribution in [0, 0.1) is 15.9 Å². The molecule has 0 aliphatic rings. The maximum Gasteiger partial charge on any atom is 0.273 e. The number of rotatable bonds is 7. The number of unbranched alkanes of at least 4 members (excludes halogenated alkanes) is 2. The molecule has 0 atom stereocenters. The second kappa shape index (κ2) is 7.83. The van der Waals surface area contributed by atoms with E-state index in [0.29, 0.717) is 6.54 Å². The van der Waals surface area contributed by atoms with E-state index in [1.807, 2.05) is 0 Å². The highest BCUT2D eigenvalue weighted by molar-refractivity contribution is 9.09. The minimum atomic E-state index is -0.793. The lowest BCUT2D eigenvalue weighted by Crippen LogP contribution is -2.24. The van der Waals surface area contributed by atoms with Crippen molar-refractivity contribution in [2.75, 3.05) is 11.9 Å². The Labute approximate surface area is 118 Å². The summed E-state index contributed by atoms with van der Waals surface area (Å²) in [5, 5.41) is 14.1. The molecule has 0 radical (unpaired) electrons. The van der Waals surface area contributed by atoms with Gasteiger partial charge in [-0.3, -0.25) is 14.9 Å².